The van der Waals surface area contributed by atoms with E-state index in [-0.39, 0.29) is 23.2 Å². The highest BCUT2D eigenvalue weighted by atomic mass is 19.1. The monoisotopic (exact) mass is 408 g/mol. The van der Waals surface area contributed by atoms with Crippen LogP contribution in [0, 0.1) is 5.82 Å². The van der Waals surface area contributed by atoms with Crippen LogP contribution in [0.15, 0.2) is 59.3 Å². The van der Waals surface area contributed by atoms with Gasteiger partial charge in [-0.15, -0.1) is 0 Å². The summed E-state index contributed by atoms with van der Waals surface area (Å²) in [5.74, 6) is -0.948. The molecule has 1 aliphatic rings. The second kappa shape index (κ2) is 8.86. The van der Waals surface area contributed by atoms with E-state index in [0.717, 1.165) is 24.6 Å². The summed E-state index contributed by atoms with van der Waals surface area (Å²) in [7, 11) is 0. The third kappa shape index (κ3) is 4.53. The van der Waals surface area contributed by atoms with E-state index in [9.17, 15) is 14.0 Å². The zero-order valence-corrected chi connectivity index (χ0v) is 16.3. The first-order valence-electron chi connectivity index (χ1n) is 9.81. The summed E-state index contributed by atoms with van der Waals surface area (Å²) in [6.07, 6.45) is 4.68. The molecule has 1 fully saturated rings. The molecule has 3 aromatic rings. The smallest absolute Gasteiger partial charge is 0.275 e. The molecule has 7 nitrogen and oxygen atoms in total. The van der Waals surface area contributed by atoms with E-state index >= 15 is 0 Å². The van der Waals surface area contributed by atoms with Crippen molar-refractivity contribution in [2.45, 2.75) is 25.3 Å². The van der Waals surface area contributed by atoms with Crippen LogP contribution in [-0.2, 0) is 6.42 Å². The average Bonchev–Trinajstić information content (AvgIpc) is 3.46. The Hall–Kier alpha value is -3.55. The zero-order chi connectivity index (χ0) is 20.9. The first-order chi connectivity index (χ1) is 14.6. The van der Waals surface area contributed by atoms with E-state index in [0.29, 0.717) is 19.5 Å². The predicted octanol–water partition coefficient (Wildman–Crippen LogP) is 3.16. The van der Waals surface area contributed by atoms with Gasteiger partial charge >= 0.3 is 0 Å². The number of nitrogens with zero attached hydrogens (tertiary/aromatic N) is 3. The van der Waals surface area contributed by atoms with Crippen molar-refractivity contribution in [1.82, 2.24) is 20.2 Å². The molecule has 30 heavy (non-hydrogen) atoms. The second-order valence-corrected chi connectivity index (χ2v) is 7.15. The SMILES string of the molecule is O=C(N[C@H](Cc1ccccc1)c1nc(C(=O)N2CCCC2)co1)c1ccc(F)cn1. The molecule has 1 aliphatic heterocycles. The molecule has 3 heterocycles. The summed E-state index contributed by atoms with van der Waals surface area (Å²) >= 11 is 0. The lowest BCUT2D eigenvalue weighted by Crippen LogP contribution is -2.31. The number of rotatable bonds is 6. The van der Waals surface area contributed by atoms with E-state index < -0.39 is 17.8 Å². The maximum absolute atomic E-state index is 13.1. The van der Waals surface area contributed by atoms with Crippen LogP contribution >= 0.6 is 0 Å². The van der Waals surface area contributed by atoms with E-state index in [1.807, 2.05) is 30.3 Å². The molecule has 0 aliphatic carbocycles. The Morgan fingerprint density at radius 1 is 1.10 bits per heavy atom. The molecule has 2 amide bonds. The first kappa shape index (κ1) is 19.8. The minimum Gasteiger partial charge on any atom is -0.446 e. The fourth-order valence-corrected chi connectivity index (χ4v) is 3.42. The predicted molar refractivity (Wildman–Crippen MR) is 106 cm³/mol. The number of hydrogen-bond acceptors (Lipinski definition) is 5. The number of amides is 2. The normalized spacial score (nSPS) is 14.5. The molecule has 0 radical (unpaired) electrons. The van der Waals surface area contributed by atoms with E-state index in [1.165, 1.54) is 18.4 Å². The van der Waals surface area contributed by atoms with Gasteiger partial charge in [0.15, 0.2) is 5.69 Å². The molecule has 0 unspecified atom stereocenters. The van der Waals surface area contributed by atoms with Gasteiger partial charge in [0.05, 0.1) is 6.20 Å². The van der Waals surface area contributed by atoms with E-state index in [1.54, 1.807) is 4.90 Å². The molecule has 2 aromatic heterocycles. The lowest BCUT2D eigenvalue weighted by molar-refractivity contribution is 0.0786. The lowest BCUT2D eigenvalue weighted by atomic mass is 10.1. The zero-order valence-electron chi connectivity index (χ0n) is 16.3. The van der Waals surface area contributed by atoms with Gasteiger partial charge < -0.3 is 14.6 Å². The number of likely N-dealkylation sites (tertiary alicyclic amines) is 1. The molecule has 1 aromatic carbocycles. The summed E-state index contributed by atoms with van der Waals surface area (Å²) in [4.78, 5) is 35.1. The molecule has 0 saturated carbocycles. The maximum atomic E-state index is 13.1. The second-order valence-electron chi connectivity index (χ2n) is 7.15. The van der Waals surface area contributed by atoms with Crippen LogP contribution in [0.3, 0.4) is 0 Å². The van der Waals surface area contributed by atoms with Crippen molar-refractivity contribution < 1.29 is 18.4 Å². The summed E-state index contributed by atoms with van der Waals surface area (Å²) in [6.45, 7) is 1.42. The highest BCUT2D eigenvalue weighted by Gasteiger charge is 2.26. The van der Waals surface area contributed by atoms with Crippen molar-refractivity contribution in [2.24, 2.45) is 0 Å². The van der Waals surface area contributed by atoms with Crippen LogP contribution in [-0.4, -0.2) is 39.8 Å². The molecule has 1 atom stereocenters. The van der Waals surface area contributed by atoms with Crippen molar-refractivity contribution in [3.8, 4) is 0 Å². The van der Waals surface area contributed by atoms with Gasteiger partial charge in [0.1, 0.15) is 23.8 Å². The van der Waals surface area contributed by atoms with Gasteiger partial charge in [-0.25, -0.2) is 14.4 Å². The number of carbonyl (C=O) groups is 2. The van der Waals surface area contributed by atoms with E-state index in [2.05, 4.69) is 15.3 Å². The largest absolute Gasteiger partial charge is 0.446 e. The Bertz CT molecular complexity index is 1010. The van der Waals surface area contributed by atoms with E-state index in [4.69, 9.17) is 4.42 Å². The molecule has 1 saturated heterocycles. The average molecular weight is 408 g/mol. The Kier molecular flexibility index (Phi) is 5.83. The summed E-state index contributed by atoms with van der Waals surface area (Å²) in [5, 5.41) is 2.83. The van der Waals surface area contributed by atoms with Crippen LogP contribution in [0.25, 0.3) is 0 Å². The van der Waals surface area contributed by atoms with Crippen molar-refractivity contribution in [2.75, 3.05) is 13.1 Å². The van der Waals surface area contributed by atoms with Crippen LogP contribution in [0.4, 0.5) is 4.39 Å². The van der Waals surface area contributed by atoms with Gasteiger partial charge in [-0.2, -0.15) is 0 Å². The van der Waals surface area contributed by atoms with Gasteiger partial charge in [-0.3, -0.25) is 9.59 Å². The van der Waals surface area contributed by atoms with Crippen LogP contribution < -0.4 is 5.32 Å². The van der Waals surface area contributed by atoms with Crippen molar-refractivity contribution in [3.05, 3.63) is 83.6 Å². The number of hydrogen-bond donors (Lipinski definition) is 1. The maximum Gasteiger partial charge on any atom is 0.275 e. The fraction of sp³-hybridized carbons (Fsp3) is 0.273. The minimum atomic E-state index is -0.619. The number of nitrogens with one attached hydrogen (secondary N) is 1. The van der Waals surface area contributed by atoms with Crippen LogP contribution in [0.5, 0.6) is 0 Å². The standard InChI is InChI=1S/C22H21FN4O3/c23-16-8-9-17(24-13-16)20(28)25-18(12-15-6-2-1-3-7-15)21-26-19(14-30-21)22(29)27-10-4-5-11-27/h1-3,6-9,13-14,18H,4-5,10-12H2,(H,25,28)/t18-/m1/s1. The Labute approximate surface area is 172 Å². The Morgan fingerprint density at radius 3 is 2.57 bits per heavy atom. The third-order valence-corrected chi connectivity index (χ3v) is 4.98. The van der Waals surface area contributed by atoms with Crippen LogP contribution in [0.1, 0.15) is 51.3 Å². The quantitative estimate of drug-likeness (QED) is 0.677. The molecule has 1 N–H and O–H groups in total. The first-order valence-corrected chi connectivity index (χ1v) is 9.81. The lowest BCUT2D eigenvalue weighted by Gasteiger charge is -2.16. The number of pyridine rings is 1. The van der Waals surface area contributed by atoms with Gasteiger partial charge in [-0.05, 0) is 30.5 Å². The topological polar surface area (TPSA) is 88.3 Å². The highest BCUT2D eigenvalue weighted by Crippen LogP contribution is 2.20. The van der Waals surface area contributed by atoms with Gasteiger partial charge in [-0.1, -0.05) is 30.3 Å². The Balaban J connectivity index is 1.56. The number of aromatic nitrogens is 2. The molecule has 154 valence electrons. The molecular weight excluding hydrogens is 387 g/mol. The molecular formula is C22H21FN4O3. The number of oxazole rings is 1. The number of carbonyl (C=O) groups excluding carboxylic acids is 2. The minimum absolute atomic E-state index is 0.0781. The molecule has 0 bridgehead atoms. The highest BCUT2D eigenvalue weighted by molar-refractivity contribution is 5.93. The van der Waals surface area contributed by atoms with Crippen molar-refractivity contribution in [3.63, 3.8) is 0 Å². The summed E-state index contributed by atoms with van der Waals surface area (Å²) in [6, 6.07) is 11.4. The van der Waals surface area contributed by atoms with Crippen LogP contribution in [0.2, 0.25) is 0 Å². The van der Waals surface area contributed by atoms with Crippen molar-refractivity contribution in [1.29, 1.82) is 0 Å². The van der Waals surface area contributed by atoms with Gasteiger partial charge in [0, 0.05) is 19.5 Å². The van der Waals surface area contributed by atoms with Gasteiger partial charge in [0.25, 0.3) is 11.8 Å². The Morgan fingerprint density at radius 2 is 1.87 bits per heavy atom. The molecule has 0 spiro atoms. The van der Waals surface area contributed by atoms with Crippen molar-refractivity contribution >= 4 is 11.8 Å². The number of benzene rings is 1. The van der Waals surface area contributed by atoms with Gasteiger partial charge in [0.2, 0.25) is 5.89 Å². The molecule has 8 heteroatoms. The number of halogens is 1. The third-order valence-electron chi connectivity index (χ3n) is 4.98. The fourth-order valence-electron chi connectivity index (χ4n) is 3.42. The summed E-state index contributed by atoms with van der Waals surface area (Å²) in [5.41, 5.74) is 1.26. The molecule has 4 rings (SSSR count). The summed E-state index contributed by atoms with van der Waals surface area (Å²) < 4.78 is 18.7.